The maximum absolute atomic E-state index is 11.9. The van der Waals surface area contributed by atoms with Crippen molar-refractivity contribution in [2.45, 2.75) is 30.7 Å². The van der Waals surface area contributed by atoms with Gasteiger partial charge in [0.1, 0.15) is 16.8 Å². The van der Waals surface area contributed by atoms with Crippen LogP contribution in [-0.4, -0.2) is 37.1 Å². The van der Waals surface area contributed by atoms with E-state index in [9.17, 15) is 13.2 Å². The fourth-order valence-corrected chi connectivity index (χ4v) is 2.60. The largest absolute Gasteiger partial charge is 0.480 e. The Hall–Kier alpha value is -1.67. The van der Waals surface area contributed by atoms with Crippen LogP contribution >= 0.6 is 0 Å². The Labute approximate surface area is 117 Å². The number of nitrogens with zero attached hydrogens (tertiary/aromatic N) is 1. The summed E-state index contributed by atoms with van der Waals surface area (Å²) >= 11 is 0. The number of sulfonamides is 1. The molecule has 1 aliphatic rings. The minimum Gasteiger partial charge on any atom is -0.480 e. The van der Waals surface area contributed by atoms with E-state index in [0.29, 0.717) is 18.3 Å². The average Bonchev–Trinajstić information content (AvgIpc) is 3.21. The number of anilines is 1. The first-order chi connectivity index (χ1) is 9.38. The summed E-state index contributed by atoms with van der Waals surface area (Å²) in [5.74, 6) is -0.231. The van der Waals surface area contributed by atoms with Crippen molar-refractivity contribution in [2.75, 3.05) is 11.9 Å². The molecule has 0 spiro atoms. The summed E-state index contributed by atoms with van der Waals surface area (Å²) in [6.07, 6.45) is 3.35. The van der Waals surface area contributed by atoms with Crippen molar-refractivity contribution in [3.8, 4) is 0 Å². The average molecular weight is 299 g/mol. The summed E-state index contributed by atoms with van der Waals surface area (Å²) in [5.41, 5.74) is 0. The summed E-state index contributed by atoms with van der Waals surface area (Å²) in [6.45, 7) is 1.93. The fraction of sp³-hybridized carbons (Fsp3) is 0.500. The third-order valence-corrected chi connectivity index (χ3v) is 4.45. The first-order valence-corrected chi connectivity index (χ1v) is 7.82. The van der Waals surface area contributed by atoms with Gasteiger partial charge in [0.2, 0.25) is 10.0 Å². The molecular weight excluding hydrogens is 282 g/mol. The predicted octanol–water partition coefficient (Wildman–Crippen LogP) is 0.655. The molecule has 110 valence electrons. The molecule has 1 aromatic rings. The second kappa shape index (κ2) is 5.76. The molecule has 3 N–H and O–H groups in total. The zero-order valence-corrected chi connectivity index (χ0v) is 11.9. The van der Waals surface area contributed by atoms with Crippen molar-refractivity contribution >= 4 is 21.8 Å². The standard InChI is InChI=1S/C12H17N3O4S/c1-8(12(16)17)15-11-5-4-10(7-13-11)20(18,19)14-6-9-2-3-9/h4-5,7-9,14H,2-3,6H2,1H3,(H,13,15)(H,16,17)/t8-/m0/s1. The summed E-state index contributed by atoms with van der Waals surface area (Å²) in [4.78, 5) is 14.7. The van der Waals surface area contributed by atoms with E-state index in [2.05, 4.69) is 15.0 Å². The van der Waals surface area contributed by atoms with Gasteiger partial charge in [0.15, 0.2) is 0 Å². The number of carbonyl (C=O) groups is 1. The van der Waals surface area contributed by atoms with Crippen LogP contribution in [0.25, 0.3) is 0 Å². The highest BCUT2D eigenvalue weighted by atomic mass is 32.2. The molecule has 0 bridgehead atoms. The minimum absolute atomic E-state index is 0.0756. The van der Waals surface area contributed by atoms with E-state index in [1.165, 1.54) is 25.3 Å². The third kappa shape index (κ3) is 3.91. The van der Waals surface area contributed by atoms with Gasteiger partial charge in [-0.3, -0.25) is 4.79 Å². The van der Waals surface area contributed by atoms with Gasteiger partial charge < -0.3 is 10.4 Å². The van der Waals surface area contributed by atoms with E-state index in [1.54, 1.807) is 0 Å². The lowest BCUT2D eigenvalue weighted by molar-refractivity contribution is -0.137. The predicted molar refractivity (Wildman–Crippen MR) is 72.9 cm³/mol. The highest BCUT2D eigenvalue weighted by molar-refractivity contribution is 7.89. The number of rotatable bonds is 7. The molecule has 8 heteroatoms. The van der Waals surface area contributed by atoms with E-state index >= 15 is 0 Å². The molecule has 0 radical (unpaired) electrons. The molecule has 0 unspecified atom stereocenters. The van der Waals surface area contributed by atoms with Crippen LogP contribution in [0.1, 0.15) is 19.8 Å². The van der Waals surface area contributed by atoms with Crippen LogP contribution in [0.15, 0.2) is 23.2 Å². The first kappa shape index (κ1) is 14.7. The van der Waals surface area contributed by atoms with Crippen LogP contribution in [0.5, 0.6) is 0 Å². The molecule has 1 aromatic heterocycles. The van der Waals surface area contributed by atoms with Gasteiger partial charge in [0, 0.05) is 12.7 Å². The SMILES string of the molecule is C[C@H](Nc1ccc(S(=O)(=O)NCC2CC2)cn1)C(=O)O. The lowest BCUT2D eigenvalue weighted by atomic mass is 10.3. The Morgan fingerprint density at radius 1 is 1.50 bits per heavy atom. The van der Waals surface area contributed by atoms with Gasteiger partial charge >= 0.3 is 5.97 Å². The van der Waals surface area contributed by atoms with Crippen LogP contribution in [0, 0.1) is 5.92 Å². The van der Waals surface area contributed by atoms with Gasteiger partial charge in [0.05, 0.1) is 0 Å². The molecule has 2 rings (SSSR count). The maximum atomic E-state index is 11.9. The fourth-order valence-electron chi connectivity index (χ4n) is 1.54. The normalized spacial score (nSPS) is 16.6. The number of aromatic nitrogens is 1. The monoisotopic (exact) mass is 299 g/mol. The molecule has 7 nitrogen and oxygen atoms in total. The molecule has 1 saturated carbocycles. The second-order valence-corrected chi connectivity index (χ2v) is 6.65. The van der Waals surface area contributed by atoms with Crippen LogP contribution in [0.4, 0.5) is 5.82 Å². The van der Waals surface area contributed by atoms with E-state index in [-0.39, 0.29) is 4.90 Å². The van der Waals surface area contributed by atoms with Crippen LogP contribution in [-0.2, 0) is 14.8 Å². The lowest BCUT2D eigenvalue weighted by Gasteiger charge is -2.10. The van der Waals surface area contributed by atoms with Crippen LogP contribution in [0.3, 0.4) is 0 Å². The molecule has 0 amide bonds. The smallest absolute Gasteiger partial charge is 0.325 e. The molecule has 1 aliphatic carbocycles. The van der Waals surface area contributed by atoms with Gasteiger partial charge in [-0.25, -0.2) is 18.1 Å². The Bertz CT molecular complexity index is 581. The molecule has 1 heterocycles. The highest BCUT2D eigenvalue weighted by Crippen LogP contribution is 2.28. The zero-order valence-electron chi connectivity index (χ0n) is 11.0. The van der Waals surface area contributed by atoms with Crippen molar-refractivity contribution in [2.24, 2.45) is 5.92 Å². The van der Waals surface area contributed by atoms with Crippen molar-refractivity contribution in [1.29, 1.82) is 0 Å². The molecular formula is C12H17N3O4S. The van der Waals surface area contributed by atoms with Gasteiger partial charge in [-0.05, 0) is 37.8 Å². The third-order valence-electron chi connectivity index (χ3n) is 3.04. The maximum Gasteiger partial charge on any atom is 0.325 e. The van der Waals surface area contributed by atoms with Crippen molar-refractivity contribution in [1.82, 2.24) is 9.71 Å². The first-order valence-electron chi connectivity index (χ1n) is 6.33. The molecule has 20 heavy (non-hydrogen) atoms. The lowest BCUT2D eigenvalue weighted by Crippen LogP contribution is -2.27. The van der Waals surface area contributed by atoms with E-state index < -0.39 is 22.0 Å². The van der Waals surface area contributed by atoms with Crippen LogP contribution in [0.2, 0.25) is 0 Å². The second-order valence-electron chi connectivity index (χ2n) is 4.88. The van der Waals surface area contributed by atoms with E-state index in [1.807, 2.05) is 0 Å². The Morgan fingerprint density at radius 3 is 2.70 bits per heavy atom. The van der Waals surface area contributed by atoms with Gasteiger partial charge in [-0.15, -0.1) is 0 Å². The quantitative estimate of drug-likeness (QED) is 0.682. The number of carboxylic acid groups (broad SMARTS) is 1. The van der Waals surface area contributed by atoms with Crippen molar-refractivity contribution < 1.29 is 18.3 Å². The number of aliphatic carboxylic acids is 1. The van der Waals surface area contributed by atoms with Gasteiger partial charge in [-0.1, -0.05) is 0 Å². The zero-order chi connectivity index (χ0) is 14.8. The Balaban J connectivity index is 2.01. The number of carboxylic acids is 1. The Morgan fingerprint density at radius 2 is 2.20 bits per heavy atom. The summed E-state index contributed by atoms with van der Waals surface area (Å²) in [6, 6.07) is 2.06. The van der Waals surface area contributed by atoms with Crippen molar-refractivity contribution in [3.05, 3.63) is 18.3 Å². The van der Waals surface area contributed by atoms with E-state index in [4.69, 9.17) is 5.11 Å². The molecule has 1 fully saturated rings. The number of hydrogen-bond donors (Lipinski definition) is 3. The summed E-state index contributed by atoms with van der Waals surface area (Å²) in [7, 11) is -3.53. The van der Waals surface area contributed by atoms with E-state index in [0.717, 1.165) is 12.8 Å². The van der Waals surface area contributed by atoms with Gasteiger partial charge in [-0.2, -0.15) is 0 Å². The summed E-state index contributed by atoms with van der Waals surface area (Å²) < 4.78 is 26.4. The topological polar surface area (TPSA) is 108 Å². The number of hydrogen-bond acceptors (Lipinski definition) is 5. The molecule has 0 aliphatic heterocycles. The number of nitrogens with one attached hydrogen (secondary N) is 2. The Kier molecular flexibility index (Phi) is 4.24. The molecule has 0 aromatic carbocycles. The van der Waals surface area contributed by atoms with Gasteiger partial charge in [0.25, 0.3) is 0 Å². The molecule has 1 atom stereocenters. The number of pyridine rings is 1. The highest BCUT2D eigenvalue weighted by Gasteiger charge is 2.24. The van der Waals surface area contributed by atoms with Crippen LogP contribution < -0.4 is 10.0 Å². The van der Waals surface area contributed by atoms with Crippen molar-refractivity contribution in [3.63, 3.8) is 0 Å². The molecule has 0 saturated heterocycles. The minimum atomic E-state index is -3.53. The summed E-state index contributed by atoms with van der Waals surface area (Å²) in [5, 5.41) is 11.4.